The quantitative estimate of drug-likeness (QED) is 0.132. The van der Waals surface area contributed by atoms with E-state index in [4.69, 9.17) is 19.7 Å². The van der Waals surface area contributed by atoms with Gasteiger partial charge in [0.05, 0.1) is 28.0 Å². The first-order chi connectivity index (χ1) is 26.5. The summed E-state index contributed by atoms with van der Waals surface area (Å²) < 4.78 is 43.6. The van der Waals surface area contributed by atoms with Gasteiger partial charge in [0.15, 0.2) is 0 Å². The van der Waals surface area contributed by atoms with Crippen molar-refractivity contribution in [1.82, 2.24) is 19.7 Å². The number of anilines is 1. The zero-order valence-electron chi connectivity index (χ0n) is 32.5. The summed E-state index contributed by atoms with van der Waals surface area (Å²) >= 11 is 1.25. The molecule has 0 aliphatic heterocycles. The third-order valence-electron chi connectivity index (χ3n) is 8.98. The van der Waals surface area contributed by atoms with E-state index in [2.05, 4.69) is 16.5 Å². The number of hydrogen-bond donors (Lipinski definition) is 2. The Kier molecular flexibility index (Phi) is 16.0. The van der Waals surface area contributed by atoms with Crippen LogP contribution in [-0.2, 0) is 37.8 Å². The van der Waals surface area contributed by atoms with E-state index >= 15 is 4.39 Å². The number of likely N-dealkylation sites (N-methyl/N-ethyl adjacent to an activating group) is 1. The predicted molar refractivity (Wildman–Crippen MR) is 209 cm³/mol. The van der Waals surface area contributed by atoms with E-state index in [0.29, 0.717) is 27.5 Å². The predicted octanol–water partition coefficient (Wildman–Crippen LogP) is 3.88. The summed E-state index contributed by atoms with van der Waals surface area (Å²) in [6.45, 7) is 7.78. The molecule has 2 amide bonds. The average molecular weight is 859 g/mol. The van der Waals surface area contributed by atoms with Gasteiger partial charge in [-0.2, -0.15) is 5.26 Å². The maximum atomic E-state index is 15.4. The molecule has 2 aromatic heterocycles. The summed E-state index contributed by atoms with van der Waals surface area (Å²) in [7, 11) is 1.52. The van der Waals surface area contributed by atoms with E-state index in [0.717, 1.165) is 23.8 Å². The topological polar surface area (TPSA) is 164 Å². The highest BCUT2D eigenvalue weighted by molar-refractivity contribution is 7.10. The Hall–Kier alpha value is -5.47. The molecule has 0 aliphatic rings. The fourth-order valence-corrected chi connectivity index (χ4v) is 6.84. The van der Waals surface area contributed by atoms with Gasteiger partial charge in [-0.05, 0) is 36.4 Å². The van der Waals surface area contributed by atoms with Crippen molar-refractivity contribution in [2.24, 2.45) is 5.41 Å². The van der Waals surface area contributed by atoms with Crippen molar-refractivity contribution >= 4 is 47.4 Å². The van der Waals surface area contributed by atoms with Gasteiger partial charge in [0.25, 0.3) is 12.6 Å². The van der Waals surface area contributed by atoms with Crippen LogP contribution >= 0.6 is 23.7 Å². The molecule has 3 aromatic carbocycles. The van der Waals surface area contributed by atoms with E-state index in [9.17, 15) is 23.9 Å². The number of benzene rings is 3. The molecular weight excluding hydrogens is 815 g/mol. The summed E-state index contributed by atoms with van der Waals surface area (Å²) in [4.78, 5) is 43.9. The Morgan fingerprint density at radius 2 is 1.78 bits per heavy atom. The monoisotopic (exact) mass is 857 g/mol. The van der Waals surface area contributed by atoms with E-state index in [1.165, 1.54) is 45.2 Å². The Morgan fingerprint density at radius 3 is 2.45 bits per heavy atom. The van der Waals surface area contributed by atoms with Crippen molar-refractivity contribution < 1.29 is 54.7 Å². The van der Waals surface area contributed by atoms with Crippen molar-refractivity contribution in [3.05, 3.63) is 118 Å². The lowest BCUT2D eigenvalue weighted by atomic mass is 9.82. The average Bonchev–Trinajstić information content (AvgIpc) is 3.85. The first-order valence-corrected chi connectivity index (χ1v) is 18.4. The van der Waals surface area contributed by atoms with Crippen molar-refractivity contribution in [3.8, 4) is 17.3 Å². The number of rotatable bonds is 13. The first-order valence-electron chi connectivity index (χ1n) is 17.5. The van der Waals surface area contributed by atoms with E-state index in [1.807, 2.05) is 0 Å². The Balaban J connectivity index is 0.00000450. The number of nitrogens with zero attached hydrogens (tertiary/aromatic N) is 6. The number of ether oxygens (including phenoxy) is 2. The minimum atomic E-state index is -2.03. The van der Waals surface area contributed by atoms with Gasteiger partial charge in [-0.1, -0.05) is 62.7 Å². The smallest absolute Gasteiger partial charge is 0.414 e. The molecular formula is C40H43Cl2F2N7O6S. The van der Waals surface area contributed by atoms with Gasteiger partial charge in [0.1, 0.15) is 36.9 Å². The molecule has 2 N–H and O–H groups in total. The highest BCUT2D eigenvalue weighted by atomic mass is 35.5. The molecule has 0 fully saturated rings. The van der Waals surface area contributed by atoms with Crippen LogP contribution < -0.4 is 22.3 Å². The molecule has 0 spiro atoms. The normalized spacial score (nSPS) is 13.0. The number of aromatic nitrogens is 4. The van der Waals surface area contributed by atoms with Gasteiger partial charge in [-0.3, -0.25) is 14.9 Å². The van der Waals surface area contributed by atoms with Crippen LogP contribution in [0.4, 0.5) is 19.3 Å². The lowest BCUT2D eigenvalue weighted by molar-refractivity contribution is -0.713. The molecule has 3 atom stereocenters. The molecule has 2 heterocycles. The fourth-order valence-electron chi connectivity index (χ4n) is 5.87. The minimum absolute atomic E-state index is 0. The molecule has 0 radical (unpaired) electrons. The Labute approximate surface area is 351 Å². The van der Waals surface area contributed by atoms with Crippen LogP contribution in [-0.4, -0.2) is 56.3 Å². The van der Waals surface area contributed by atoms with Gasteiger partial charge < -0.3 is 31.9 Å². The van der Waals surface area contributed by atoms with Gasteiger partial charge in [-0.25, -0.2) is 23.1 Å². The van der Waals surface area contributed by atoms with Crippen molar-refractivity contribution in [2.75, 3.05) is 18.9 Å². The van der Waals surface area contributed by atoms with Gasteiger partial charge >= 0.3 is 12.1 Å². The molecule has 308 valence electrons. The standard InChI is InChI=1S/C40H41F2N7O6S.2ClH/c1-25(36-45-34(21-56-36)28-13-11-27(18-43)12-14-28)40(53,31-17-30(41)15-16-32(31)42)22-48-23-44-49(24-48)26(2)55-38(52)46-33-10-8-7-9-29(33)20-54-35(50)19-47(6)37(51)39(3,4)5;;/h7-17,21,23-26,53H,19-20,22H2,1-6H3;2*1H/t25-,26?,40+;;/m0../s1. The maximum Gasteiger partial charge on any atom is 0.414 e. The molecule has 1 unspecified atom stereocenters. The number of hydrogen-bond acceptors (Lipinski definition) is 10. The zero-order valence-corrected chi connectivity index (χ0v) is 34.9. The summed E-state index contributed by atoms with van der Waals surface area (Å²) in [5, 5.41) is 30.6. The summed E-state index contributed by atoms with van der Waals surface area (Å²) in [5.41, 5.74) is -0.338. The second-order valence-corrected chi connectivity index (χ2v) is 15.2. The first kappa shape index (κ1) is 46.9. The number of thiazole rings is 1. The number of aliphatic hydroxyl groups is 1. The molecule has 0 saturated heterocycles. The number of esters is 1. The number of nitriles is 1. The highest BCUT2D eigenvalue weighted by Gasteiger charge is 2.43. The van der Waals surface area contributed by atoms with Gasteiger partial charge in [0.2, 0.25) is 12.2 Å². The van der Waals surface area contributed by atoms with Crippen molar-refractivity contribution in [1.29, 1.82) is 5.26 Å². The molecule has 0 saturated carbocycles. The number of carbonyl (C=O) groups is 3. The van der Waals surface area contributed by atoms with E-state index < -0.39 is 46.9 Å². The third kappa shape index (κ3) is 11.3. The lowest BCUT2D eigenvalue weighted by Crippen LogP contribution is -3.00. The van der Waals surface area contributed by atoms with Crippen LogP contribution in [0.15, 0.2) is 84.8 Å². The van der Waals surface area contributed by atoms with Crippen molar-refractivity contribution in [2.45, 2.75) is 65.5 Å². The number of para-hydroxylation sites is 1. The number of halogens is 4. The second kappa shape index (κ2) is 19.8. The molecule has 5 aromatic rings. The lowest BCUT2D eigenvalue weighted by Gasteiger charge is -2.32. The number of amides is 2. The van der Waals surface area contributed by atoms with Crippen molar-refractivity contribution in [3.63, 3.8) is 0 Å². The van der Waals surface area contributed by atoms with Crippen LogP contribution in [0.3, 0.4) is 0 Å². The summed E-state index contributed by atoms with van der Waals surface area (Å²) in [6, 6.07) is 18.4. The highest BCUT2D eigenvalue weighted by Crippen LogP contribution is 2.41. The molecule has 18 heteroatoms. The zero-order chi connectivity index (χ0) is 40.8. The summed E-state index contributed by atoms with van der Waals surface area (Å²) in [5.74, 6) is -3.24. The van der Waals surface area contributed by atoms with Crippen LogP contribution in [0.2, 0.25) is 0 Å². The minimum Gasteiger partial charge on any atom is -1.00 e. The maximum absolute atomic E-state index is 15.4. The van der Waals surface area contributed by atoms with E-state index in [1.54, 1.807) is 88.5 Å². The third-order valence-corrected chi connectivity index (χ3v) is 10.0. The molecule has 13 nitrogen and oxygen atoms in total. The molecule has 5 rings (SSSR count). The van der Waals surface area contributed by atoms with Gasteiger partial charge in [-0.15, -0.1) is 23.7 Å². The van der Waals surface area contributed by atoms with Crippen LogP contribution in [0.1, 0.15) is 68.5 Å². The summed E-state index contributed by atoms with van der Waals surface area (Å²) in [6.07, 6.45) is 0.989. The Morgan fingerprint density at radius 1 is 1.09 bits per heavy atom. The molecule has 0 aliphatic carbocycles. The van der Waals surface area contributed by atoms with Crippen LogP contribution in [0.25, 0.3) is 11.3 Å². The van der Waals surface area contributed by atoms with Crippen LogP contribution in [0.5, 0.6) is 0 Å². The molecule has 58 heavy (non-hydrogen) atoms. The molecule has 0 bridgehead atoms. The van der Waals surface area contributed by atoms with E-state index in [-0.39, 0.29) is 56.0 Å². The van der Waals surface area contributed by atoms with Gasteiger partial charge in [0, 0.05) is 52.5 Å². The number of nitrogens with one attached hydrogen (secondary N) is 1. The number of carbonyl (C=O) groups excluding carboxylic acids is 3. The van der Waals surface area contributed by atoms with Crippen LogP contribution in [0, 0.1) is 28.4 Å². The SMILES string of the molecule is CC(OC(=O)Nc1ccccc1COC(=O)CN(C)C(=O)C(C)(C)C)n1c[n+](C[C@](O)(c2cc(F)ccc2F)[C@@H](C)c2nc(-c3ccc(C#N)cc3)cs2)cn1.Cl.[Cl-]. The Bertz CT molecular complexity index is 2260. The largest absolute Gasteiger partial charge is 1.00 e. The second-order valence-electron chi connectivity index (χ2n) is 14.3. The fraction of sp³-hybridized carbons (Fsp3) is 0.325.